The van der Waals surface area contributed by atoms with E-state index >= 15 is 0 Å². The van der Waals surface area contributed by atoms with E-state index in [1.807, 2.05) is 31.7 Å². The van der Waals surface area contributed by atoms with Crippen molar-refractivity contribution in [2.45, 2.75) is 50.2 Å². The number of amides is 1. The van der Waals surface area contributed by atoms with Crippen LogP contribution in [0.25, 0.3) is 0 Å². The van der Waals surface area contributed by atoms with Crippen molar-refractivity contribution in [2.75, 3.05) is 30.8 Å². The highest BCUT2D eigenvalue weighted by atomic mass is 32.2. The van der Waals surface area contributed by atoms with Crippen molar-refractivity contribution in [3.05, 3.63) is 36.2 Å². The molecule has 10 heteroatoms. The first-order chi connectivity index (χ1) is 15.0. The van der Waals surface area contributed by atoms with E-state index < -0.39 is 15.4 Å². The van der Waals surface area contributed by atoms with Crippen molar-refractivity contribution in [1.82, 2.24) is 14.9 Å². The van der Waals surface area contributed by atoms with Crippen LogP contribution in [0, 0.1) is 0 Å². The summed E-state index contributed by atoms with van der Waals surface area (Å²) >= 11 is 0. The van der Waals surface area contributed by atoms with Crippen LogP contribution in [0.1, 0.15) is 32.8 Å². The largest absolute Gasteiger partial charge is 0.472 e. The zero-order valence-electron chi connectivity index (χ0n) is 18.7. The molecule has 2 aromatic rings. The Balaban J connectivity index is 1.44. The predicted octanol–water partition coefficient (Wildman–Crippen LogP) is 2.96. The third kappa shape index (κ3) is 4.95. The number of fused-ring (bicyclic) bond motifs is 1. The van der Waals surface area contributed by atoms with Crippen LogP contribution in [0.15, 0.2) is 35.5 Å². The first-order valence-corrected chi connectivity index (χ1v) is 12.5. The number of benzene rings is 1. The van der Waals surface area contributed by atoms with E-state index in [2.05, 4.69) is 9.97 Å². The predicted molar refractivity (Wildman–Crippen MR) is 119 cm³/mol. The number of carbonyl (C=O) groups is 1. The number of anilines is 2. The Labute approximate surface area is 188 Å². The maximum Gasteiger partial charge on any atom is 0.410 e. The molecule has 3 heterocycles. The Kier molecular flexibility index (Phi) is 5.74. The lowest BCUT2D eigenvalue weighted by molar-refractivity contribution is 0.0275. The molecule has 0 spiro atoms. The standard InChI is InChI=1S/C22H28N4O5S/c1-22(2,3)31-21(27)25-9-8-16(13-25)30-20-12-19(23-14-24-20)26-10-7-15-11-17(32(4,28)29)5-6-18(15)26/h5-6,11-12,14,16H,7-10,13H2,1-4H3/t16-/m1/s1. The highest BCUT2D eigenvalue weighted by Crippen LogP contribution is 2.35. The number of sulfone groups is 1. The van der Waals surface area contributed by atoms with Gasteiger partial charge in [0.1, 0.15) is 23.9 Å². The molecule has 0 unspecified atom stereocenters. The first kappa shape index (κ1) is 22.3. The number of aromatic nitrogens is 2. The van der Waals surface area contributed by atoms with Crippen molar-refractivity contribution in [3.8, 4) is 5.88 Å². The SMILES string of the molecule is CC(C)(C)OC(=O)N1CC[C@@H](Oc2cc(N3CCc4cc(S(C)(=O)=O)ccc43)ncn2)C1. The molecule has 0 radical (unpaired) electrons. The second kappa shape index (κ2) is 8.23. The van der Waals surface area contributed by atoms with E-state index in [9.17, 15) is 13.2 Å². The number of hydrogen-bond acceptors (Lipinski definition) is 8. The topological polar surface area (TPSA) is 102 Å². The van der Waals surface area contributed by atoms with Crippen LogP contribution in [-0.2, 0) is 21.0 Å². The van der Waals surface area contributed by atoms with Crippen LogP contribution in [0.5, 0.6) is 5.88 Å². The lowest BCUT2D eigenvalue weighted by atomic mass is 10.2. The van der Waals surface area contributed by atoms with Crippen LogP contribution in [0.2, 0.25) is 0 Å². The van der Waals surface area contributed by atoms with Crippen molar-refractivity contribution in [1.29, 1.82) is 0 Å². The van der Waals surface area contributed by atoms with Gasteiger partial charge in [-0.3, -0.25) is 0 Å². The third-order valence-electron chi connectivity index (χ3n) is 5.36. The summed E-state index contributed by atoms with van der Waals surface area (Å²) in [6, 6.07) is 6.94. The van der Waals surface area contributed by atoms with Gasteiger partial charge in [-0.15, -0.1) is 0 Å². The summed E-state index contributed by atoms with van der Waals surface area (Å²) in [6.07, 6.45) is 3.57. The summed E-state index contributed by atoms with van der Waals surface area (Å²) in [7, 11) is -3.25. The molecule has 0 saturated carbocycles. The average molecular weight is 461 g/mol. The molecule has 2 aliphatic heterocycles. The van der Waals surface area contributed by atoms with Gasteiger partial charge >= 0.3 is 6.09 Å². The average Bonchev–Trinajstić information content (AvgIpc) is 3.32. The molecule has 4 rings (SSSR count). The van der Waals surface area contributed by atoms with Crippen molar-refractivity contribution in [2.24, 2.45) is 0 Å². The van der Waals surface area contributed by atoms with Gasteiger partial charge in [0.15, 0.2) is 9.84 Å². The Morgan fingerprint density at radius 1 is 1.16 bits per heavy atom. The minimum atomic E-state index is -3.25. The van der Waals surface area contributed by atoms with Crippen molar-refractivity contribution >= 4 is 27.4 Å². The lowest BCUT2D eigenvalue weighted by Crippen LogP contribution is -2.36. The summed E-state index contributed by atoms with van der Waals surface area (Å²) in [5.41, 5.74) is 1.36. The van der Waals surface area contributed by atoms with Gasteiger partial charge in [0.05, 0.1) is 11.4 Å². The molecule has 32 heavy (non-hydrogen) atoms. The Morgan fingerprint density at radius 2 is 1.94 bits per heavy atom. The summed E-state index contributed by atoms with van der Waals surface area (Å²) in [5, 5.41) is 0. The van der Waals surface area contributed by atoms with Crippen LogP contribution in [0.3, 0.4) is 0 Å². The van der Waals surface area contributed by atoms with Gasteiger partial charge < -0.3 is 19.3 Å². The molecule has 0 bridgehead atoms. The van der Waals surface area contributed by atoms with Gasteiger partial charge in [-0.25, -0.2) is 23.2 Å². The Bertz CT molecular complexity index is 1130. The second-order valence-electron chi connectivity index (χ2n) is 9.13. The van der Waals surface area contributed by atoms with E-state index in [1.165, 1.54) is 12.6 Å². The molecule has 1 aromatic heterocycles. The fourth-order valence-corrected chi connectivity index (χ4v) is 4.55. The molecule has 0 aliphatic carbocycles. The molecule has 1 fully saturated rings. The van der Waals surface area contributed by atoms with Crippen molar-refractivity contribution < 1.29 is 22.7 Å². The number of nitrogens with zero attached hydrogens (tertiary/aromatic N) is 4. The molecule has 2 aliphatic rings. The van der Waals surface area contributed by atoms with Gasteiger partial charge in [-0.1, -0.05) is 0 Å². The molecule has 172 valence electrons. The molecule has 1 saturated heterocycles. The maximum absolute atomic E-state index is 12.3. The minimum absolute atomic E-state index is 0.173. The molecule has 1 atom stereocenters. The highest BCUT2D eigenvalue weighted by Gasteiger charge is 2.31. The van der Waals surface area contributed by atoms with Gasteiger partial charge in [0, 0.05) is 37.5 Å². The third-order valence-corrected chi connectivity index (χ3v) is 6.47. The molecule has 1 amide bonds. The number of carbonyl (C=O) groups excluding carboxylic acids is 1. The van der Waals surface area contributed by atoms with Crippen molar-refractivity contribution in [3.63, 3.8) is 0 Å². The van der Waals surface area contributed by atoms with E-state index in [0.29, 0.717) is 42.6 Å². The minimum Gasteiger partial charge on any atom is -0.472 e. The van der Waals surface area contributed by atoms with Crippen LogP contribution in [0.4, 0.5) is 16.3 Å². The smallest absolute Gasteiger partial charge is 0.410 e. The quantitative estimate of drug-likeness (QED) is 0.686. The lowest BCUT2D eigenvalue weighted by Gasteiger charge is -2.24. The van der Waals surface area contributed by atoms with E-state index in [1.54, 1.807) is 23.1 Å². The number of ether oxygens (including phenoxy) is 2. The number of rotatable bonds is 4. The van der Waals surface area contributed by atoms with E-state index in [4.69, 9.17) is 9.47 Å². The van der Waals surface area contributed by atoms with Crippen LogP contribution < -0.4 is 9.64 Å². The van der Waals surface area contributed by atoms with E-state index in [-0.39, 0.29) is 12.2 Å². The number of likely N-dealkylation sites (tertiary alicyclic amines) is 1. The fraction of sp³-hybridized carbons (Fsp3) is 0.500. The fourth-order valence-electron chi connectivity index (χ4n) is 3.88. The van der Waals surface area contributed by atoms with Gasteiger partial charge in [0.2, 0.25) is 5.88 Å². The summed E-state index contributed by atoms with van der Waals surface area (Å²) in [4.78, 5) is 24.9. The Hall–Kier alpha value is -2.88. The van der Waals surface area contributed by atoms with E-state index in [0.717, 1.165) is 17.7 Å². The molecular weight excluding hydrogens is 432 g/mol. The monoisotopic (exact) mass is 460 g/mol. The van der Waals surface area contributed by atoms with Crippen LogP contribution in [-0.4, -0.2) is 67.0 Å². The Morgan fingerprint density at radius 3 is 2.66 bits per heavy atom. The van der Waals surface area contributed by atoms with Gasteiger partial charge in [-0.05, 0) is 51.0 Å². The second-order valence-corrected chi connectivity index (χ2v) is 11.1. The normalized spacial score (nSPS) is 18.6. The molecule has 0 N–H and O–H groups in total. The highest BCUT2D eigenvalue weighted by molar-refractivity contribution is 7.90. The molecular formula is C22H28N4O5S. The molecule has 9 nitrogen and oxygen atoms in total. The van der Waals surface area contributed by atoms with Gasteiger partial charge in [0.25, 0.3) is 0 Å². The zero-order valence-corrected chi connectivity index (χ0v) is 19.6. The zero-order chi connectivity index (χ0) is 23.1. The summed E-state index contributed by atoms with van der Waals surface area (Å²) < 4.78 is 35.1. The summed E-state index contributed by atoms with van der Waals surface area (Å²) in [6.45, 7) is 7.23. The molecule has 1 aromatic carbocycles. The first-order valence-electron chi connectivity index (χ1n) is 10.6. The number of hydrogen-bond donors (Lipinski definition) is 0. The maximum atomic E-state index is 12.3. The van der Waals surface area contributed by atoms with Gasteiger partial charge in [-0.2, -0.15) is 0 Å². The van der Waals surface area contributed by atoms with Crippen LogP contribution >= 0.6 is 0 Å². The summed E-state index contributed by atoms with van der Waals surface area (Å²) in [5.74, 6) is 1.12.